The lowest BCUT2D eigenvalue weighted by Crippen LogP contribution is -2.20. The first-order chi connectivity index (χ1) is 12.6. The zero-order valence-electron chi connectivity index (χ0n) is 15.4. The molecule has 0 saturated carbocycles. The molecular weight excluding hydrogens is 328 g/mol. The first-order valence-electron chi connectivity index (χ1n) is 9.21. The Hall–Kier alpha value is -2.62. The standard InChI is InChI=1S/C22H26O4/c1-3-5-7-13-17(4-2)26-22(25)19-15-10-14-18(20(19)21(23)24)16-11-8-6-9-12-16/h6,8-12,14-15,17H,3-5,7,13H2,1-2H3,(H,23,24). The van der Waals surface area contributed by atoms with E-state index in [2.05, 4.69) is 6.92 Å². The number of aromatic carboxylic acids is 1. The van der Waals surface area contributed by atoms with Crippen molar-refractivity contribution in [2.24, 2.45) is 0 Å². The lowest BCUT2D eigenvalue weighted by atomic mass is 9.95. The Labute approximate surface area is 154 Å². The molecule has 1 N–H and O–H groups in total. The zero-order chi connectivity index (χ0) is 18.9. The molecule has 1 atom stereocenters. The Bertz CT molecular complexity index is 737. The fourth-order valence-corrected chi connectivity index (χ4v) is 2.99. The van der Waals surface area contributed by atoms with E-state index < -0.39 is 11.9 Å². The fraction of sp³-hybridized carbons (Fsp3) is 0.364. The highest BCUT2D eigenvalue weighted by Crippen LogP contribution is 2.27. The van der Waals surface area contributed by atoms with Crippen LogP contribution in [0.2, 0.25) is 0 Å². The van der Waals surface area contributed by atoms with Crippen LogP contribution >= 0.6 is 0 Å². The Morgan fingerprint density at radius 2 is 1.73 bits per heavy atom. The van der Waals surface area contributed by atoms with E-state index in [1.54, 1.807) is 12.1 Å². The molecule has 0 aliphatic heterocycles. The van der Waals surface area contributed by atoms with Crippen LogP contribution in [0.25, 0.3) is 11.1 Å². The predicted molar refractivity (Wildman–Crippen MR) is 102 cm³/mol. The van der Waals surface area contributed by atoms with Crippen molar-refractivity contribution in [1.82, 2.24) is 0 Å². The predicted octanol–water partition coefficient (Wildman–Crippen LogP) is 5.57. The minimum absolute atomic E-state index is 0.00730. The second-order valence-electron chi connectivity index (χ2n) is 6.33. The molecule has 2 aromatic rings. The first kappa shape index (κ1) is 19.7. The highest BCUT2D eigenvalue weighted by molar-refractivity contribution is 6.07. The quantitative estimate of drug-likeness (QED) is 0.472. The van der Waals surface area contributed by atoms with Gasteiger partial charge in [0.1, 0.15) is 6.10 Å². The second kappa shape index (κ2) is 9.76. The van der Waals surface area contributed by atoms with Gasteiger partial charge in [-0.2, -0.15) is 0 Å². The minimum Gasteiger partial charge on any atom is -0.478 e. The van der Waals surface area contributed by atoms with Crippen LogP contribution in [0, 0.1) is 0 Å². The smallest absolute Gasteiger partial charge is 0.339 e. The molecule has 2 aromatic carbocycles. The number of carbonyl (C=O) groups excluding carboxylic acids is 1. The molecule has 1 unspecified atom stereocenters. The van der Waals surface area contributed by atoms with E-state index in [0.717, 1.165) is 37.7 Å². The van der Waals surface area contributed by atoms with Crippen LogP contribution in [0.1, 0.15) is 66.7 Å². The van der Waals surface area contributed by atoms with Crippen molar-refractivity contribution in [2.45, 2.75) is 52.1 Å². The molecular formula is C22H26O4. The maximum atomic E-state index is 12.7. The molecule has 0 amide bonds. The van der Waals surface area contributed by atoms with Gasteiger partial charge in [0.25, 0.3) is 0 Å². The molecule has 0 spiro atoms. The number of carbonyl (C=O) groups is 2. The maximum absolute atomic E-state index is 12.7. The Balaban J connectivity index is 2.31. The molecule has 0 fully saturated rings. The van der Waals surface area contributed by atoms with Gasteiger partial charge >= 0.3 is 11.9 Å². The molecule has 0 aliphatic rings. The molecule has 0 saturated heterocycles. The summed E-state index contributed by atoms with van der Waals surface area (Å²) in [7, 11) is 0. The van der Waals surface area contributed by atoms with Crippen molar-refractivity contribution in [3.63, 3.8) is 0 Å². The van der Waals surface area contributed by atoms with Gasteiger partial charge in [0, 0.05) is 0 Å². The van der Waals surface area contributed by atoms with Crippen molar-refractivity contribution in [1.29, 1.82) is 0 Å². The summed E-state index contributed by atoms with van der Waals surface area (Å²) in [4.78, 5) is 24.5. The molecule has 0 radical (unpaired) electrons. The second-order valence-corrected chi connectivity index (χ2v) is 6.33. The van der Waals surface area contributed by atoms with Gasteiger partial charge in [-0.25, -0.2) is 9.59 Å². The van der Waals surface area contributed by atoms with E-state index in [1.807, 2.05) is 37.3 Å². The normalized spacial score (nSPS) is 11.8. The molecule has 26 heavy (non-hydrogen) atoms. The Morgan fingerprint density at radius 3 is 2.35 bits per heavy atom. The van der Waals surface area contributed by atoms with Crippen LogP contribution in [0.4, 0.5) is 0 Å². The average Bonchev–Trinajstić information content (AvgIpc) is 2.67. The van der Waals surface area contributed by atoms with Gasteiger partial charge in [-0.05, 0) is 36.5 Å². The molecule has 4 nitrogen and oxygen atoms in total. The fourth-order valence-electron chi connectivity index (χ4n) is 2.99. The van der Waals surface area contributed by atoms with E-state index >= 15 is 0 Å². The average molecular weight is 354 g/mol. The van der Waals surface area contributed by atoms with Gasteiger partial charge < -0.3 is 9.84 Å². The SMILES string of the molecule is CCCCCC(CC)OC(=O)c1cccc(-c2ccccc2)c1C(=O)O. The molecule has 0 aliphatic carbocycles. The van der Waals surface area contributed by atoms with Gasteiger partial charge in [0.05, 0.1) is 11.1 Å². The van der Waals surface area contributed by atoms with E-state index in [0.29, 0.717) is 5.56 Å². The minimum atomic E-state index is -1.13. The third-order valence-corrected chi connectivity index (χ3v) is 4.44. The van der Waals surface area contributed by atoms with Crippen molar-refractivity contribution in [3.8, 4) is 11.1 Å². The lowest BCUT2D eigenvalue weighted by Gasteiger charge is -2.18. The molecule has 0 bridgehead atoms. The van der Waals surface area contributed by atoms with Crippen molar-refractivity contribution in [3.05, 3.63) is 59.7 Å². The van der Waals surface area contributed by atoms with E-state index in [9.17, 15) is 14.7 Å². The van der Waals surface area contributed by atoms with Gasteiger partial charge in [-0.1, -0.05) is 69.2 Å². The van der Waals surface area contributed by atoms with Gasteiger partial charge in [0.2, 0.25) is 0 Å². The number of carboxylic acid groups (broad SMARTS) is 1. The molecule has 0 aromatic heterocycles. The highest BCUT2D eigenvalue weighted by Gasteiger charge is 2.24. The first-order valence-corrected chi connectivity index (χ1v) is 9.21. The number of esters is 1. The summed E-state index contributed by atoms with van der Waals surface area (Å²) >= 11 is 0. The summed E-state index contributed by atoms with van der Waals surface area (Å²) in [5.41, 5.74) is 1.38. The van der Waals surface area contributed by atoms with E-state index in [-0.39, 0.29) is 17.2 Å². The summed E-state index contributed by atoms with van der Waals surface area (Å²) in [5, 5.41) is 9.71. The van der Waals surface area contributed by atoms with Crippen LogP contribution in [0.3, 0.4) is 0 Å². The van der Waals surface area contributed by atoms with E-state index in [4.69, 9.17) is 4.74 Å². The number of ether oxygens (including phenoxy) is 1. The zero-order valence-corrected chi connectivity index (χ0v) is 15.4. The molecule has 138 valence electrons. The Kier molecular flexibility index (Phi) is 7.39. The number of hydrogen-bond donors (Lipinski definition) is 1. The van der Waals surface area contributed by atoms with Gasteiger partial charge in [-0.3, -0.25) is 0 Å². The number of carboxylic acids is 1. The van der Waals surface area contributed by atoms with Crippen LogP contribution in [0.15, 0.2) is 48.5 Å². The summed E-state index contributed by atoms with van der Waals surface area (Å²) in [6, 6.07) is 14.1. The molecule has 2 rings (SSSR count). The van der Waals surface area contributed by atoms with Gasteiger partial charge in [-0.15, -0.1) is 0 Å². The number of hydrogen-bond acceptors (Lipinski definition) is 3. The van der Waals surface area contributed by atoms with Crippen LogP contribution in [0.5, 0.6) is 0 Å². The number of rotatable bonds is 9. The van der Waals surface area contributed by atoms with Crippen molar-refractivity contribution >= 4 is 11.9 Å². The largest absolute Gasteiger partial charge is 0.478 e. The summed E-state index contributed by atoms with van der Waals surface area (Å²) < 4.78 is 5.61. The lowest BCUT2D eigenvalue weighted by molar-refractivity contribution is 0.0262. The van der Waals surface area contributed by atoms with Crippen molar-refractivity contribution < 1.29 is 19.4 Å². The topological polar surface area (TPSA) is 63.6 Å². The summed E-state index contributed by atoms with van der Waals surface area (Å²) in [6.07, 6.45) is 4.53. The maximum Gasteiger partial charge on any atom is 0.339 e. The number of unbranched alkanes of at least 4 members (excludes halogenated alkanes) is 2. The third-order valence-electron chi connectivity index (χ3n) is 4.44. The van der Waals surface area contributed by atoms with Crippen LogP contribution < -0.4 is 0 Å². The summed E-state index contributed by atoms with van der Waals surface area (Å²) in [5.74, 6) is -1.70. The molecule has 0 heterocycles. The van der Waals surface area contributed by atoms with E-state index in [1.165, 1.54) is 6.07 Å². The van der Waals surface area contributed by atoms with Crippen LogP contribution in [-0.2, 0) is 4.74 Å². The Morgan fingerprint density at radius 1 is 1.00 bits per heavy atom. The third kappa shape index (κ3) is 4.94. The van der Waals surface area contributed by atoms with Crippen molar-refractivity contribution in [2.75, 3.05) is 0 Å². The molecule has 4 heteroatoms. The van der Waals surface area contributed by atoms with Crippen LogP contribution in [-0.4, -0.2) is 23.1 Å². The van der Waals surface area contributed by atoms with Gasteiger partial charge in [0.15, 0.2) is 0 Å². The highest BCUT2D eigenvalue weighted by atomic mass is 16.5. The monoisotopic (exact) mass is 354 g/mol. The number of benzene rings is 2. The summed E-state index contributed by atoms with van der Waals surface area (Å²) in [6.45, 7) is 4.10.